The second-order valence-electron chi connectivity index (χ2n) is 4.47. The topological polar surface area (TPSA) is 46.3 Å². The maximum atomic E-state index is 12.1. The molecule has 1 fully saturated rings. The van der Waals surface area contributed by atoms with Gasteiger partial charge in [-0.25, -0.2) is 0 Å². The highest BCUT2D eigenvalue weighted by Gasteiger charge is 2.25. The van der Waals surface area contributed by atoms with Crippen LogP contribution in [0.2, 0.25) is 0 Å². The van der Waals surface area contributed by atoms with Crippen molar-refractivity contribution in [2.24, 2.45) is 5.92 Å². The summed E-state index contributed by atoms with van der Waals surface area (Å²) in [5, 5.41) is 0. The lowest BCUT2D eigenvalue weighted by Gasteiger charge is -2.21. The van der Waals surface area contributed by atoms with Crippen molar-refractivity contribution in [3.63, 3.8) is 0 Å². The van der Waals surface area contributed by atoms with Gasteiger partial charge in [0, 0.05) is 24.3 Å². The average Bonchev–Trinajstić information content (AvgIpc) is 2.81. The van der Waals surface area contributed by atoms with E-state index in [1.165, 1.54) is 12.8 Å². The van der Waals surface area contributed by atoms with Crippen molar-refractivity contribution >= 4 is 17.3 Å². The fraction of sp³-hybridized carbons (Fsp3) is 0.462. The highest BCUT2D eigenvalue weighted by molar-refractivity contribution is 5.94. The number of amides is 1. The van der Waals surface area contributed by atoms with E-state index in [-0.39, 0.29) is 11.8 Å². The van der Waals surface area contributed by atoms with Crippen LogP contribution in [-0.4, -0.2) is 13.0 Å². The molecule has 0 aromatic heterocycles. The van der Waals surface area contributed by atoms with Crippen molar-refractivity contribution in [2.75, 3.05) is 17.7 Å². The fourth-order valence-electron chi connectivity index (χ4n) is 2.27. The third-order valence-electron chi connectivity index (χ3n) is 3.32. The zero-order valence-electron chi connectivity index (χ0n) is 9.65. The molecule has 16 heavy (non-hydrogen) atoms. The molecule has 2 rings (SSSR count). The van der Waals surface area contributed by atoms with Gasteiger partial charge in [-0.3, -0.25) is 4.79 Å². The van der Waals surface area contributed by atoms with Crippen molar-refractivity contribution in [3.8, 4) is 0 Å². The van der Waals surface area contributed by atoms with Crippen LogP contribution in [0.1, 0.15) is 25.7 Å². The fourth-order valence-corrected chi connectivity index (χ4v) is 2.27. The van der Waals surface area contributed by atoms with Crippen LogP contribution in [0.3, 0.4) is 0 Å². The number of nitrogens with zero attached hydrogens (tertiary/aromatic N) is 1. The lowest BCUT2D eigenvalue weighted by Crippen LogP contribution is -2.31. The number of nitrogen functional groups attached to an aromatic ring is 1. The zero-order valence-corrected chi connectivity index (χ0v) is 9.65. The summed E-state index contributed by atoms with van der Waals surface area (Å²) in [7, 11) is 1.84. The molecule has 1 aliphatic carbocycles. The van der Waals surface area contributed by atoms with Gasteiger partial charge in [0.15, 0.2) is 0 Å². The van der Waals surface area contributed by atoms with E-state index in [9.17, 15) is 4.79 Å². The van der Waals surface area contributed by atoms with E-state index in [2.05, 4.69) is 0 Å². The summed E-state index contributed by atoms with van der Waals surface area (Å²) in [6.45, 7) is 0. The van der Waals surface area contributed by atoms with E-state index >= 15 is 0 Å². The van der Waals surface area contributed by atoms with Gasteiger partial charge in [-0.15, -0.1) is 0 Å². The summed E-state index contributed by atoms with van der Waals surface area (Å²) in [6, 6.07) is 7.44. The third kappa shape index (κ3) is 2.18. The first-order valence-electron chi connectivity index (χ1n) is 5.81. The molecule has 0 unspecified atom stereocenters. The highest BCUT2D eigenvalue weighted by Crippen LogP contribution is 2.28. The third-order valence-corrected chi connectivity index (χ3v) is 3.32. The number of carbonyl (C=O) groups is 1. The maximum absolute atomic E-state index is 12.1. The predicted molar refractivity (Wildman–Crippen MR) is 66.2 cm³/mol. The van der Waals surface area contributed by atoms with E-state index in [1.54, 1.807) is 4.90 Å². The molecule has 1 aliphatic rings. The maximum Gasteiger partial charge on any atom is 0.229 e. The lowest BCUT2D eigenvalue weighted by atomic mass is 10.1. The smallest absolute Gasteiger partial charge is 0.229 e. The summed E-state index contributed by atoms with van der Waals surface area (Å²) in [5.74, 6) is 0.463. The molecule has 0 saturated heterocycles. The summed E-state index contributed by atoms with van der Waals surface area (Å²) < 4.78 is 0. The molecule has 1 amide bonds. The van der Waals surface area contributed by atoms with Gasteiger partial charge in [-0.2, -0.15) is 0 Å². The standard InChI is InChI=1S/C13H18N2O/c1-15(12-8-6-11(14)7-9-12)13(16)10-4-2-3-5-10/h6-10H,2-5,14H2,1H3. The Morgan fingerprint density at radius 2 is 1.81 bits per heavy atom. The van der Waals surface area contributed by atoms with Crippen molar-refractivity contribution < 1.29 is 4.79 Å². The van der Waals surface area contributed by atoms with Crippen LogP contribution in [0.15, 0.2) is 24.3 Å². The molecule has 0 radical (unpaired) electrons. The Labute approximate surface area is 96.2 Å². The van der Waals surface area contributed by atoms with Crippen LogP contribution in [0.4, 0.5) is 11.4 Å². The number of hydrogen-bond acceptors (Lipinski definition) is 2. The quantitative estimate of drug-likeness (QED) is 0.775. The van der Waals surface area contributed by atoms with Crippen LogP contribution in [0, 0.1) is 5.92 Å². The van der Waals surface area contributed by atoms with Crippen LogP contribution in [0.25, 0.3) is 0 Å². The summed E-state index contributed by atoms with van der Waals surface area (Å²) in [6.07, 6.45) is 4.45. The SMILES string of the molecule is CN(C(=O)C1CCCC1)c1ccc(N)cc1. The second kappa shape index (κ2) is 4.56. The minimum Gasteiger partial charge on any atom is -0.399 e. The Morgan fingerprint density at radius 1 is 1.25 bits per heavy atom. The molecule has 1 saturated carbocycles. The highest BCUT2D eigenvalue weighted by atomic mass is 16.2. The van der Waals surface area contributed by atoms with Crippen molar-refractivity contribution in [1.29, 1.82) is 0 Å². The lowest BCUT2D eigenvalue weighted by molar-refractivity contribution is -0.121. The summed E-state index contributed by atoms with van der Waals surface area (Å²) >= 11 is 0. The Hall–Kier alpha value is -1.51. The first-order chi connectivity index (χ1) is 7.68. The van der Waals surface area contributed by atoms with Crippen LogP contribution in [0.5, 0.6) is 0 Å². The van der Waals surface area contributed by atoms with Gasteiger partial charge in [-0.1, -0.05) is 12.8 Å². The largest absolute Gasteiger partial charge is 0.399 e. The van der Waals surface area contributed by atoms with Crippen LogP contribution >= 0.6 is 0 Å². The normalized spacial score (nSPS) is 16.3. The average molecular weight is 218 g/mol. The van der Waals surface area contributed by atoms with Crippen LogP contribution < -0.4 is 10.6 Å². The van der Waals surface area contributed by atoms with Gasteiger partial charge < -0.3 is 10.6 Å². The molecule has 0 atom stereocenters. The summed E-state index contributed by atoms with van der Waals surface area (Å²) in [5.41, 5.74) is 7.27. The Morgan fingerprint density at radius 3 is 2.38 bits per heavy atom. The Balaban J connectivity index is 2.08. The second-order valence-corrected chi connectivity index (χ2v) is 4.47. The Kier molecular flexibility index (Phi) is 3.13. The first-order valence-corrected chi connectivity index (χ1v) is 5.81. The predicted octanol–water partition coefficient (Wildman–Crippen LogP) is 2.42. The number of rotatable bonds is 2. The van der Waals surface area contributed by atoms with Gasteiger partial charge >= 0.3 is 0 Å². The van der Waals surface area contributed by atoms with E-state index in [4.69, 9.17) is 5.73 Å². The minimum atomic E-state index is 0.225. The van der Waals surface area contributed by atoms with Crippen molar-refractivity contribution in [1.82, 2.24) is 0 Å². The molecule has 86 valence electrons. The van der Waals surface area contributed by atoms with Crippen molar-refractivity contribution in [3.05, 3.63) is 24.3 Å². The summed E-state index contributed by atoms with van der Waals surface area (Å²) in [4.78, 5) is 13.9. The molecule has 0 bridgehead atoms. The van der Waals surface area contributed by atoms with E-state index in [0.717, 1.165) is 24.2 Å². The zero-order chi connectivity index (χ0) is 11.5. The number of benzene rings is 1. The van der Waals surface area contributed by atoms with E-state index in [1.807, 2.05) is 31.3 Å². The van der Waals surface area contributed by atoms with Gasteiger partial charge in [0.25, 0.3) is 0 Å². The molecule has 3 heteroatoms. The molecular weight excluding hydrogens is 200 g/mol. The minimum absolute atomic E-state index is 0.225. The monoisotopic (exact) mass is 218 g/mol. The molecule has 1 aromatic rings. The molecule has 2 N–H and O–H groups in total. The molecule has 3 nitrogen and oxygen atoms in total. The van der Waals surface area contributed by atoms with Gasteiger partial charge in [0.2, 0.25) is 5.91 Å². The number of nitrogens with two attached hydrogens (primary N) is 1. The molecule has 0 spiro atoms. The van der Waals surface area contributed by atoms with E-state index in [0.29, 0.717) is 0 Å². The van der Waals surface area contributed by atoms with Gasteiger partial charge in [0.05, 0.1) is 0 Å². The number of anilines is 2. The Bertz CT molecular complexity index is 366. The molecular formula is C13H18N2O. The number of carbonyl (C=O) groups excluding carboxylic acids is 1. The number of hydrogen-bond donors (Lipinski definition) is 1. The molecule has 0 heterocycles. The van der Waals surface area contributed by atoms with Crippen LogP contribution in [-0.2, 0) is 4.79 Å². The van der Waals surface area contributed by atoms with Gasteiger partial charge in [-0.05, 0) is 37.1 Å². The molecule has 0 aliphatic heterocycles. The van der Waals surface area contributed by atoms with Gasteiger partial charge in [0.1, 0.15) is 0 Å². The molecule has 1 aromatic carbocycles. The van der Waals surface area contributed by atoms with Crippen molar-refractivity contribution in [2.45, 2.75) is 25.7 Å². The first kappa shape index (κ1) is 11.0. The van der Waals surface area contributed by atoms with E-state index < -0.39 is 0 Å².